The third kappa shape index (κ3) is 5.89. The maximum Gasteiger partial charge on any atom is 0.310 e. The van der Waals surface area contributed by atoms with Gasteiger partial charge in [0.1, 0.15) is 23.1 Å². The zero-order chi connectivity index (χ0) is 16.7. The second-order valence-electron chi connectivity index (χ2n) is 4.52. The van der Waals surface area contributed by atoms with Gasteiger partial charge in [-0.25, -0.2) is 4.39 Å². The van der Waals surface area contributed by atoms with Crippen LogP contribution >= 0.6 is 15.9 Å². The van der Waals surface area contributed by atoms with Crippen LogP contribution in [0, 0.1) is 5.82 Å². The van der Waals surface area contributed by atoms with E-state index in [0.717, 1.165) is 0 Å². The summed E-state index contributed by atoms with van der Waals surface area (Å²) in [4.78, 5) is 11.6. The first-order valence-electron chi connectivity index (χ1n) is 6.69. The van der Waals surface area contributed by atoms with E-state index in [1.54, 1.807) is 19.9 Å². The highest BCUT2D eigenvalue weighted by molar-refractivity contribution is 9.11. The number of carbonyl (C=O) groups is 1. The lowest BCUT2D eigenvalue weighted by Crippen LogP contribution is -2.09. The maximum atomic E-state index is 13.4. The molecule has 0 spiro atoms. The van der Waals surface area contributed by atoms with E-state index in [1.807, 2.05) is 0 Å². The van der Waals surface area contributed by atoms with E-state index in [4.69, 9.17) is 9.47 Å². The molecular formula is C16H18BrFO4. The molecule has 4 nitrogen and oxygen atoms in total. The summed E-state index contributed by atoms with van der Waals surface area (Å²) in [6.07, 6.45) is 1.54. The summed E-state index contributed by atoms with van der Waals surface area (Å²) in [7, 11) is 0. The summed E-state index contributed by atoms with van der Waals surface area (Å²) in [5.41, 5.74) is 0.522. The van der Waals surface area contributed by atoms with Gasteiger partial charge in [0.15, 0.2) is 0 Å². The molecule has 0 aliphatic heterocycles. The highest BCUT2D eigenvalue weighted by Crippen LogP contribution is 2.24. The Balaban J connectivity index is 3.00. The van der Waals surface area contributed by atoms with E-state index < -0.39 is 11.8 Å². The fourth-order valence-corrected chi connectivity index (χ4v) is 1.95. The lowest BCUT2D eigenvalue weighted by Gasteiger charge is -2.11. The molecular weight excluding hydrogens is 355 g/mol. The fraction of sp³-hybridized carbons (Fsp3) is 0.312. The molecule has 1 rings (SSSR count). The number of esters is 1. The maximum absolute atomic E-state index is 13.4. The third-order valence-electron chi connectivity index (χ3n) is 2.62. The number of carbonyl (C=O) groups excluding carboxylic acids is 1. The second-order valence-corrected chi connectivity index (χ2v) is 5.38. The first-order valence-corrected chi connectivity index (χ1v) is 7.48. The topological polar surface area (TPSA) is 55.8 Å². The largest absolute Gasteiger partial charge is 0.511 e. The van der Waals surface area contributed by atoms with Crippen molar-refractivity contribution < 1.29 is 23.8 Å². The molecule has 0 aliphatic carbocycles. The molecule has 0 bridgehead atoms. The van der Waals surface area contributed by atoms with E-state index in [9.17, 15) is 14.3 Å². The van der Waals surface area contributed by atoms with Crippen LogP contribution in [0.4, 0.5) is 4.39 Å². The summed E-state index contributed by atoms with van der Waals surface area (Å²) >= 11 is 3.18. The molecule has 1 N–H and O–H groups in total. The average Bonchev–Trinajstić information content (AvgIpc) is 2.41. The van der Waals surface area contributed by atoms with E-state index in [-0.39, 0.29) is 24.5 Å². The van der Waals surface area contributed by atoms with Crippen molar-refractivity contribution >= 4 is 21.9 Å². The number of benzene rings is 1. The van der Waals surface area contributed by atoms with Gasteiger partial charge in [0.25, 0.3) is 0 Å². The molecule has 0 radical (unpaired) electrons. The number of aliphatic hydroxyl groups is 1. The molecule has 22 heavy (non-hydrogen) atoms. The molecule has 6 heteroatoms. The van der Waals surface area contributed by atoms with Gasteiger partial charge in [-0.15, -0.1) is 0 Å². The number of halogens is 2. The van der Waals surface area contributed by atoms with Crippen molar-refractivity contribution in [2.24, 2.45) is 0 Å². The Hall–Kier alpha value is -1.82. The van der Waals surface area contributed by atoms with Crippen LogP contribution in [-0.4, -0.2) is 17.7 Å². The zero-order valence-corrected chi connectivity index (χ0v) is 14.2. The molecule has 1 aromatic rings. The Morgan fingerprint density at radius 3 is 2.68 bits per heavy atom. The first-order chi connectivity index (χ1) is 10.3. The van der Waals surface area contributed by atoms with E-state index in [1.165, 1.54) is 25.1 Å². The van der Waals surface area contributed by atoms with Gasteiger partial charge in [0, 0.05) is 11.6 Å². The minimum Gasteiger partial charge on any atom is -0.511 e. The van der Waals surface area contributed by atoms with Gasteiger partial charge in [0.2, 0.25) is 0 Å². The molecule has 0 aromatic heterocycles. The van der Waals surface area contributed by atoms with E-state index >= 15 is 0 Å². The van der Waals surface area contributed by atoms with Crippen LogP contribution in [0.15, 0.2) is 40.3 Å². The predicted molar refractivity (Wildman–Crippen MR) is 85.4 cm³/mol. The highest BCUT2D eigenvalue weighted by atomic mass is 79.9. The second kappa shape index (κ2) is 8.58. The fourth-order valence-electron chi connectivity index (χ4n) is 1.62. The zero-order valence-electron chi connectivity index (χ0n) is 12.7. The SMILES string of the molecule is CCOC(=O)Cc1ccc(F)cc1O/C(C)=C/C(Br)=C(\C)O. The van der Waals surface area contributed by atoms with E-state index in [0.29, 0.717) is 15.8 Å². The van der Waals surface area contributed by atoms with Crippen molar-refractivity contribution in [2.45, 2.75) is 27.2 Å². The molecule has 0 atom stereocenters. The van der Waals surface area contributed by atoms with Gasteiger partial charge >= 0.3 is 5.97 Å². The Morgan fingerprint density at radius 1 is 1.41 bits per heavy atom. The molecule has 0 amide bonds. The number of aliphatic hydroxyl groups excluding tert-OH is 1. The van der Waals surface area contributed by atoms with Gasteiger partial charge in [-0.05, 0) is 48.8 Å². The highest BCUT2D eigenvalue weighted by Gasteiger charge is 2.12. The first kappa shape index (κ1) is 18.2. The van der Waals surface area contributed by atoms with Crippen molar-refractivity contribution in [1.82, 2.24) is 0 Å². The van der Waals surface area contributed by atoms with Crippen LogP contribution in [-0.2, 0) is 16.0 Å². The molecule has 0 unspecified atom stereocenters. The normalized spacial score (nSPS) is 12.7. The van der Waals surface area contributed by atoms with Crippen LogP contribution in [0.1, 0.15) is 26.3 Å². The minimum absolute atomic E-state index is 0.00717. The Labute approximate surface area is 137 Å². The third-order valence-corrected chi connectivity index (χ3v) is 3.42. The number of rotatable bonds is 6. The van der Waals surface area contributed by atoms with Crippen LogP contribution in [0.2, 0.25) is 0 Å². The predicted octanol–water partition coefficient (Wildman–Crippen LogP) is 4.40. The van der Waals surface area contributed by atoms with Crippen LogP contribution in [0.25, 0.3) is 0 Å². The van der Waals surface area contributed by atoms with Crippen LogP contribution in [0.3, 0.4) is 0 Å². The van der Waals surface area contributed by atoms with E-state index in [2.05, 4.69) is 15.9 Å². The smallest absolute Gasteiger partial charge is 0.310 e. The lowest BCUT2D eigenvalue weighted by molar-refractivity contribution is -0.142. The Morgan fingerprint density at radius 2 is 2.09 bits per heavy atom. The molecule has 0 saturated carbocycles. The lowest BCUT2D eigenvalue weighted by atomic mass is 10.1. The van der Waals surface area contributed by atoms with Crippen molar-refractivity contribution in [3.8, 4) is 5.75 Å². The van der Waals surface area contributed by atoms with Gasteiger partial charge < -0.3 is 14.6 Å². The number of hydrogen-bond acceptors (Lipinski definition) is 4. The van der Waals surface area contributed by atoms with Crippen molar-refractivity contribution in [1.29, 1.82) is 0 Å². The summed E-state index contributed by atoms with van der Waals surface area (Å²) in [5.74, 6) is -0.126. The monoisotopic (exact) mass is 372 g/mol. The van der Waals surface area contributed by atoms with Crippen molar-refractivity contribution in [3.63, 3.8) is 0 Å². The molecule has 0 fully saturated rings. The number of hydrogen-bond donors (Lipinski definition) is 1. The average molecular weight is 373 g/mol. The summed E-state index contributed by atoms with van der Waals surface area (Å²) < 4.78 is 24.3. The minimum atomic E-state index is -0.469. The van der Waals surface area contributed by atoms with Gasteiger partial charge in [0.05, 0.1) is 17.5 Å². The molecule has 1 aromatic carbocycles. The summed E-state index contributed by atoms with van der Waals surface area (Å²) in [5, 5.41) is 9.32. The molecule has 0 saturated heterocycles. The number of allylic oxidation sites excluding steroid dienone is 4. The number of ether oxygens (including phenoxy) is 2. The van der Waals surface area contributed by atoms with Gasteiger partial charge in [-0.3, -0.25) is 4.79 Å². The summed E-state index contributed by atoms with van der Waals surface area (Å²) in [6, 6.07) is 3.94. The Kier molecular flexibility index (Phi) is 7.11. The molecule has 0 heterocycles. The Bertz CT molecular complexity index is 604. The molecule has 120 valence electrons. The van der Waals surface area contributed by atoms with Crippen molar-refractivity contribution in [3.05, 3.63) is 51.7 Å². The van der Waals surface area contributed by atoms with Crippen LogP contribution in [0.5, 0.6) is 5.75 Å². The quantitative estimate of drug-likeness (QED) is 0.456. The standard InChI is InChI=1S/C16H18BrFO4/c1-4-21-16(20)8-12-5-6-13(18)9-15(12)22-10(2)7-14(17)11(3)19/h5-7,9,19H,4,8H2,1-3H3/b10-7+,14-11-. The van der Waals surface area contributed by atoms with Gasteiger partial charge in [-0.2, -0.15) is 0 Å². The van der Waals surface area contributed by atoms with Crippen LogP contribution < -0.4 is 4.74 Å². The van der Waals surface area contributed by atoms with Gasteiger partial charge in [-0.1, -0.05) is 6.07 Å². The van der Waals surface area contributed by atoms with Crippen molar-refractivity contribution in [2.75, 3.05) is 6.61 Å². The molecule has 0 aliphatic rings. The summed E-state index contributed by atoms with van der Waals surface area (Å²) in [6.45, 7) is 5.17.